The first kappa shape index (κ1) is 25.3. The Hall–Kier alpha value is -2.96. The summed E-state index contributed by atoms with van der Waals surface area (Å²) in [6.45, 7) is 5.54. The third kappa shape index (κ3) is 9.04. The number of carbonyl (C=O) groups excluding carboxylic acids is 2. The molecule has 0 aliphatic rings. The van der Waals surface area contributed by atoms with Crippen LogP contribution in [0, 0.1) is 5.92 Å². The normalized spacial score (nSPS) is 13.8. The average Bonchev–Trinajstić information content (AvgIpc) is 2.78. The van der Waals surface area contributed by atoms with Crippen LogP contribution in [0.2, 0.25) is 0 Å². The standard InChI is InChI=1S/C26H32O6/c1-3-10-22(27)18-23(28)17-19(2)15-16-24(31-25(29)20-11-6-4-7-12-20)32-26(30)21-13-8-5-9-14-21/h3-9,11-14,19,22-24,27-28H,1,10,15-18H2,2H3. The Labute approximate surface area is 189 Å². The molecule has 32 heavy (non-hydrogen) atoms. The fourth-order valence-electron chi connectivity index (χ4n) is 3.37. The van der Waals surface area contributed by atoms with Crippen LogP contribution < -0.4 is 0 Å². The van der Waals surface area contributed by atoms with Crippen molar-refractivity contribution in [1.29, 1.82) is 0 Å². The third-order valence-corrected chi connectivity index (χ3v) is 5.05. The van der Waals surface area contributed by atoms with E-state index in [4.69, 9.17) is 9.47 Å². The molecule has 0 aliphatic heterocycles. The van der Waals surface area contributed by atoms with E-state index in [2.05, 4.69) is 6.58 Å². The lowest BCUT2D eigenvalue weighted by Gasteiger charge is -2.22. The molecule has 0 fully saturated rings. The van der Waals surface area contributed by atoms with Gasteiger partial charge in [-0.1, -0.05) is 49.4 Å². The molecule has 0 spiro atoms. The predicted octanol–water partition coefficient (Wildman–Crippen LogP) is 4.52. The number of ether oxygens (including phenoxy) is 2. The number of benzene rings is 2. The first-order valence-electron chi connectivity index (χ1n) is 10.9. The van der Waals surface area contributed by atoms with Gasteiger partial charge >= 0.3 is 11.9 Å². The molecule has 2 rings (SSSR count). The maximum atomic E-state index is 12.5. The highest BCUT2D eigenvalue weighted by molar-refractivity contribution is 5.90. The summed E-state index contributed by atoms with van der Waals surface area (Å²) < 4.78 is 11.0. The van der Waals surface area contributed by atoms with Crippen LogP contribution in [0.1, 0.15) is 59.7 Å². The van der Waals surface area contributed by atoms with Crippen LogP contribution in [0.4, 0.5) is 0 Å². The van der Waals surface area contributed by atoms with E-state index in [-0.39, 0.29) is 12.3 Å². The number of esters is 2. The van der Waals surface area contributed by atoms with Crippen molar-refractivity contribution < 1.29 is 29.3 Å². The minimum atomic E-state index is -1.05. The SMILES string of the molecule is C=CCC(O)CC(O)CC(C)CCC(OC(=O)c1ccccc1)OC(=O)c1ccccc1. The van der Waals surface area contributed by atoms with Gasteiger partial charge in [0, 0.05) is 6.42 Å². The second kappa shape index (κ2) is 13.5. The highest BCUT2D eigenvalue weighted by Gasteiger charge is 2.23. The fraction of sp³-hybridized carbons (Fsp3) is 0.385. The molecule has 172 valence electrons. The van der Waals surface area contributed by atoms with Crippen LogP contribution in [0.3, 0.4) is 0 Å². The van der Waals surface area contributed by atoms with E-state index < -0.39 is 30.4 Å². The van der Waals surface area contributed by atoms with Gasteiger partial charge in [-0.25, -0.2) is 9.59 Å². The van der Waals surface area contributed by atoms with E-state index >= 15 is 0 Å². The summed E-state index contributed by atoms with van der Waals surface area (Å²) in [5, 5.41) is 20.0. The van der Waals surface area contributed by atoms with Crippen molar-refractivity contribution >= 4 is 11.9 Å². The smallest absolute Gasteiger partial charge is 0.341 e. The van der Waals surface area contributed by atoms with Crippen LogP contribution >= 0.6 is 0 Å². The van der Waals surface area contributed by atoms with Gasteiger partial charge in [0.25, 0.3) is 0 Å². The van der Waals surface area contributed by atoms with Gasteiger partial charge in [-0.3, -0.25) is 0 Å². The number of aliphatic hydroxyl groups is 2. The lowest BCUT2D eigenvalue weighted by molar-refractivity contribution is -0.0855. The Kier molecular flexibility index (Phi) is 10.6. The average molecular weight is 441 g/mol. The minimum absolute atomic E-state index is 0.0642. The lowest BCUT2D eigenvalue weighted by Crippen LogP contribution is -2.26. The molecular weight excluding hydrogens is 408 g/mol. The van der Waals surface area contributed by atoms with Crippen molar-refractivity contribution in [2.24, 2.45) is 5.92 Å². The van der Waals surface area contributed by atoms with E-state index in [0.29, 0.717) is 36.8 Å². The van der Waals surface area contributed by atoms with Gasteiger partial charge in [0.2, 0.25) is 6.29 Å². The number of carbonyl (C=O) groups is 2. The number of hydrogen-bond donors (Lipinski definition) is 2. The third-order valence-electron chi connectivity index (χ3n) is 5.05. The van der Waals surface area contributed by atoms with Gasteiger partial charge < -0.3 is 19.7 Å². The maximum absolute atomic E-state index is 12.5. The van der Waals surface area contributed by atoms with Crippen LogP contribution in [-0.2, 0) is 9.47 Å². The summed E-state index contributed by atoms with van der Waals surface area (Å²) in [5.74, 6) is -1.08. The largest absolute Gasteiger partial charge is 0.422 e. The van der Waals surface area contributed by atoms with Crippen molar-refractivity contribution in [3.63, 3.8) is 0 Å². The first-order chi connectivity index (χ1) is 15.4. The van der Waals surface area contributed by atoms with Crippen molar-refractivity contribution in [1.82, 2.24) is 0 Å². The van der Waals surface area contributed by atoms with Gasteiger partial charge in [-0.15, -0.1) is 6.58 Å². The topological polar surface area (TPSA) is 93.1 Å². The molecule has 3 unspecified atom stereocenters. The van der Waals surface area contributed by atoms with Gasteiger partial charge in [0.05, 0.1) is 23.3 Å². The van der Waals surface area contributed by atoms with Crippen LogP contribution in [0.15, 0.2) is 73.3 Å². The highest BCUT2D eigenvalue weighted by Crippen LogP contribution is 2.20. The van der Waals surface area contributed by atoms with Crippen LogP contribution in [-0.4, -0.2) is 40.6 Å². The van der Waals surface area contributed by atoms with Crippen LogP contribution in [0.5, 0.6) is 0 Å². The second-order valence-corrected chi connectivity index (χ2v) is 7.96. The molecule has 6 heteroatoms. The Bertz CT molecular complexity index is 782. The molecule has 0 amide bonds. The molecule has 0 heterocycles. The molecule has 6 nitrogen and oxygen atoms in total. The predicted molar refractivity (Wildman–Crippen MR) is 122 cm³/mol. The van der Waals surface area contributed by atoms with Gasteiger partial charge in [-0.05, 0) is 55.9 Å². The van der Waals surface area contributed by atoms with Gasteiger partial charge in [0.15, 0.2) is 0 Å². The molecule has 0 saturated carbocycles. The molecule has 2 aromatic rings. The molecular formula is C26H32O6. The Morgan fingerprint density at radius 2 is 1.34 bits per heavy atom. The monoisotopic (exact) mass is 440 g/mol. The maximum Gasteiger partial charge on any atom is 0.341 e. The summed E-state index contributed by atoms with van der Waals surface area (Å²) in [6.07, 6.45) is 1.31. The van der Waals surface area contributed by atoms with Crippen molar-refractivity contribution in [2.45, 2.75) is 57.5 Å². The summed E-state index contributed by atoms with van der Waals surface area (Å²) in [7, 11) is 0. The van der Waals surface area contributed by atoms with E-state index in [1.165, 1.54) is 0 Å². The molecule has 2 aromatic carbocycles. The number of aliphatic hydroxyl groups excluding tert-OH is 2. The fourth-order valence-corrected chi connectivity index (χ4v) is 3.37. The Morgan fingerprint density at radius 3 is 1.81 bits per heavy atom. The lowest BCUT2D eigenvalue weighted by atomic mass is 9.95. The minimum Gasteiger partial charge on any atom is -0.422 e. The van der Waals surface area contributed by atoms with E-state index in [9.17, 15) is 19.8 Å². The highest BCUT2D eigenvalue weighted by atomic mass is 16.7. The number of hydrogen-bond acceptors (Lipinski definition) is 6. The Balaban J connectivity index is 1.96. The van der Waals surface area contributed by atoms with Crippen LogP contribution in [0.25, 0.3) is 0 Å². The second-order valence-electron chi connectivity index (χ2n) is 7.96. The molecule has 0 bridgehead atoms. The molecule has 2 N–H and O–H groups in total. The Morgan fingerprint density at radius 1 is 0.844 bits per heavy atom. The van der Waals surface area contributed by atoms with E-state index in [1.807, 2.05) is 6.92 Å². The van der Waals surface area contributed by atoms with E-state index in [1.54, 1.807) is 66.7 Å². The summed E-state index contributed by atoms with van der Waals surface area (Å²) >= 11 is 0. The van der Waals surface area contributed by atoms with E-state index in [0.717, 1.165) is 0 Å². The van der Waals surface area contributed by atoms with Gasteiger partial charge in [0.1, 0.15) is 0 Å². The zero-order valence-electron chi connectivity index (χ0n) is 18.4. The summed E-state index contributed by atoms with van der Waals surface area (Å²) in [6, 6.07) is 17.0. The zero-order valence-corrected chi connectivity index (χ0v) is 18.4. The molecule has 0 aromatic heterocycles. The van der Waals surface area contributed by atoms with Crippen molar-refractivity contribution in [3.05, 3.63) is 84.4 Å². The zero-order chi connectivity index (χ0) is 23.3. The van der Waals surface area contributed by atoms with Crippen molar-refractivity contribution in [3.8, 4) is 0 Å². The number of rotatable bonds is 13. The summed E-state index contributed by atoms with van der Waals surface area (Å²) in [4.78, 5) is 25.0. The molecule has 0 saturated heterocycles. The van der Waals surface area contributed by atoms with Crippen molar-refractivity contribution in [2.75, 3.05) is 0 Å². The quantitative estimate of drug-likeness (QED) is 0.270. The summed E-state index contributed by atoms with van der Waals surface area (Å²) in [5.41, 5.74) is 0.737. The van der Waals surface area contributed by atoms with Gasteiger partial charge in [-0.2, -0.15) is 0 Å². The first-order valence-corrected chi connectivity index (χ1v) is 10.9. The molecule has 0 aliphatic carbocycles. The molecule has 0 radical (unpaired) electrons. The molecule has 3 atom stereocenters.